The van der Waals surface area contributed by atoms with E-state index in [1.165, 1.54) is 18.4 Å². The molecule has 4 aromatic rings. The third kappa shape index (κ3) is 4.59. The van der Waals surface area contributed by atoms with E-state index in [0.29, 0.717) is 17.4 Å². The molecule has 1 atom stereocenters. The maximum atomic E-state index is 11.1. The van der Waals surface area contributed by atoms with Gasteiger partial charge < -0.3 is 10.4 Å². The number of aromatic nitrogens is 5. The zero-order valence-corrected chi connectivity index (χ0v) is 18.4. The van der Waals surface area contributed by atoms with Crippen LogP contribution in [-0.2, 0) is 0 Å². The van der Waals surface area contributed by atoms with Crippen molar-refractivity contribution < 1.29 is 9.90 Å². The van der Waals surface area contributed by atoms with Crippen LogP contribution < -0.4 is 5.32 Å². The van der Waals surface area contributed by atoms with E-state index in [4.69, 9.17) is 10.1 Å². The molecule has 3 heterocycles. The Balaban J connectivity index is 1.37. The maximum absolute atomic E-state index is 11.1. The molecule has 2 N–H and O–H groups in total. The van der Waals surface area contributed by atoms with Crippen LogP contribution >= 0.6 is 0 Å². The van der Waals surface area contributed by atoms with Gasteiger partial charge in [-0.3, -0.25) is 0 Å². The number of carbonyl (C=O) groups is 1. The topological polar surface area (TPSA) is 106 Å². The van der Waals surface area contributed by atoms with Gasteiger partial charge in [0.1, 0.15) is 17.3 Å². The van der Waals surface area contributed by atoms with Gasteiger partial charge in [0.15, 0.2) is 0 Å². The van der Waals surface area contributed by atoms with Gasteiger partial charge in [0, 0.05) is 6.20 Å². The summed E-state index contributed by atoms with van der Waals surface area (Å²) >= 11 is 0. The molecule has 1 fully saturated rings. The van der Waals surface area contributed by atoms with Crippen LogP contribution in [-0.4, -0.2) is 36.0 Å². The van der Waals surface area contributed by atoms with Gasteiger partial charge in [-0.05, 0) is 85.7 Å². The number of rotatable bonds is 7. The molecule has 0 radical (unpaired) electrons. The maximum Gasteiger partial charge on any atom is 0.335 e. The number of aromatic carboxylic acids is 1. The molecule has 8 nitrogen and oxygen atoms in total. The lowest BCUT2D eigenvalue weighted by Crippen LogP contribution is -2.08. The second-order valence-electron chi connectivity index (χ2n) is 8.48. The third-order valence-corrected chi connectivity index (χ3v) is 5.87. The largest absolute Gasteiger partial charge is 0.478 e. The first kappa shape index (κ1) is 20.8. The van der Waals surface area contributed by atoms with Crippen LogP contribution in [0.5, 0.6) is 0 Å². The Morgan fingerprint density at radius 3 is 2.61 bits per heavy atom. The molecule has 8 heteroatoms. The first-order valence-corrected chi connectivity index (χ1v) is 10.9. The minimum Gasteiger partial charge on any atom is -0.478 e. The minimum atomic E-state index is -0.943. The summed E-state index contributed by atoms with van der Waals surface area (Å²) in [4.78, 5) is 20.3. The number of benzene rings is 1. The molecular weight excluding hydrogens is 416 g/mol. The summed E-state index contributed by atoms with van der Waals surface area (Å²) < 4.78 is 1.75. The van der Waals surface area contributed by atoms with E-state index in [-0.39, 0.29) is 11.6 Å². The standard InChI is InChI=1S/C25H24N6O2/c1-15-11-21(27-24(12-15)28-23-13-20(9-10-26-23)18-5-6-18)22-14-31(30-29-22)16(2)17-3-7-19(8-4-17)25(32)33/h3-4,7-14,16,18H,5-6H2,1-2H3,(H,32,33)(H,26,27,28). The lowest BCUT2D eigenvalue weighted by atomic mass is 10.1. The fourth-order valence-corrected chi connectivity index (χ4v) is 3.82. The second kappa shape index (κ2) is 8.46. The van der Waals surface area contributed by atoms with Gasteiger partial charge in [-0.15, -0.1) is 5.10 Å². The predicted octanol–water partition coefficient (Wildman–Crippen LogP) is 4.97. The van der Waals surface area contributed by atoms with Crippen LogP contribution in [0.4, 0.5) is 11.6 Å². The number of hydrogen-bond acceptors (Lipinski definition) is 6. The van der Waals surface area contributed by atoms with E-state index in [2.05, 4.69) is 32.7 Å². The molecule has 1 aliphatic rings. The molecule has 1 saturated carbocycles. The summed E-state index contributed by atoms with van der Waals surface area (Å²) in [6.07, 6.45) is 6.18. The molecule has 1 aromatic carbocycles. The highest BCUT2D eigenvalue weighted by Crippen LogP contribution is 2.40. The molecule has 0 spiro atoms. The van der Waals surface area contributed by atoms with E-state index >= 15 is 0 Å². The SMILES string of the molecule is Cc1cc(Nc2cc(C3CC3)ccn2)nc(-c2cn(C(C)c3ccc(C(=O)O)cc3)nn2)c1. The molecule has 1 aliphatic carbocycles. The molecule has 5 rings (SSSR count). The van der Waals surface area contributed by atoms with Crippen molar-refractivity contribution in [3.63, 3.8) is 0 Å². The van der Waals surface area contributed by atoms with E-state index in [0.717, 1.165) is 22.6 Å². The van der Waals surface area contributed by atoms with Crippen molar-refractivity contribution >= 4 is 17.6 Å². The number of carboxylic acids is 1. The Hall–Kier alpha value is -4.07. The van der Waals surface area contributed by atoms with Crippen LogP contribution in [0.25, 0.3) is 11.4 Å². The van der Waals surface area contributed by atoms with Crippen LogP contribution in [0, 0.1) is 6.92 Å². The van der Waals surface area contributed by atoms with Gasteiger partial charge in [0.05, 0.1) is 23.5 Å². The summed E-state index contributed by atoms with van der Waals surface area (Å²) in [6.45, 7) is 4.00. The average molecular weight is 441 g/mol. The van der Waals surface area contributed by atoms with Crippen LogP contribution in [0.3, 0.4) is 0 Å². The van der Waals surface area contributed by atoms with Crippen molar-refractivity contribution in [2.45, 2.75) is 38.6 Å². The number of anilines is 2. The summed E-state index contributed by atoms with van der Waals surface area (Å²) in [5, 5.41) is 21.0. The lowest BCUT2D eigenvalue weighted by Gasteiger charge is -2.11. The second-order valence-corrected chi connectivity index (χ2v) is 8.48. The van der Waals surface area contributed by atoms with Gasteiger partial charge in [0.25, 0.3) is 0 Å². The van der Waals surface area contributed by atoms with E-state index < -0.39 is 5.97 Å². The van der Waals surface area contributed by atoms with Gasteiger partial charge in [-0.2, -0.15) is 0 Å². The zero-order chi connectivity index (χ0) is 22.9. The first-order chi connectivity index (χ1) is 16.0. The van der Waals surface area contributed by atoms with Crippen LogP contribution in [0.1, 0.15) is 58.8 Å². The fraction of sp³-hybridized carbons (Fsp3) is 0.240. The Morgan fingerprint density at radius 2 is 1.88 bits per heavy atom. The molecule has 0 bridgehead atoms. The summed E-state index contributed by atoms with van der Waals surface area (Å²) in [5.41, 5.74) is 4.94. The number of hydrogen-bond donors (Lipinski definition) is 2. The molecule has 1 unspecified atom stereocenters. The predicted molar refractivity (Wildman–Crippen MR) is 125 cm³/mol. The van der Waals surface area contributed by atoms with Gasteiger partial charge in [0.2, 0.25) is 0 Å². The Labute approximate surface area is 191 Å². The van der Waals surface area contributed by atoms with E-state index in [9.17, 15) is 4.79 Å². The normalized spacial score (nSPS) is 14.1. The molecule has 0 amide bonds. The van der Waals surface area contributed by atoms with Crippen LogP contribution in [0.2, 0.25) is 0 Å². The quantitative estimate of drug-likeness (QED) is 0.418. The van der Waals surface area contributed by atoms with Crippen molar-refractivity contribution in [3.05, 3.63) is 83.2 Å². The fourth-order valence-electron chi connectivity index (χ4n) is 3.82. The minimum absolute atomic E-state index is 0.106. The Kier molecular flexibility index (Phi) is 5.34. The van der Waals surface area contributed by atoms with Gasteiger partial charge in [-0.1, -0.05) is 17.3 Å². The number of pyridine rings is 2. The van der Waals surface area contributed by atoms with Crippen molar-refractivity contribution in [2.75, 3.05) is 5.32 Å². The van der Waals surface area contributed by atoms with Gasteiger partial charge >= 0.3 is 5.97 Å². The average Bonchev–Trinajstić information content (AvgIpc) is 3.55. The highest BCUT2D eigenvalue weighted by Gasteiger charge is 2.23. The highest BCUT2D eigenvalue weighted by molar-refractivity contribution is 5.87. The molecule has 0 aliphatic heterocycles. The van der Waals surface area contributed by atoms with Crippen molar-refractivity contribution in [1.29, 1.82) is 0 Å². The molecule has 33 heavy (non-hydrogen) atoms. The van der Waals surface area contributed by atoms with Crippen molar-refractivity contribution in [3.8, 4) is 11.4 Å². The monoisotopic (exact) mass is 440 g/mol. The van der Waals surface area contributed by atoms with Gasteiger partial charge in [-0.25, -0.2) is 19.4 Å². The summed E-state index contributed by atoms with van der Waals surface area (Å²) in [7, 11) is 0. The van der Waals surface area contributed by atoms with E-state index in [1.807, 2.05) is 38.4 Å². The molecular formula is C25H24N6O2. The molecule has 166 valence electrons. The lowest BCUT2D eigenvalue weighted by molar-refractivity contribution is 0.0697. The number of nitrogens with zero attached hydrogens (tertiary/aromatic N) is 5. The third-order valence-electron chi connectivity index (χ3n) is 5.87. The first-order valence-electron chi connectivity index (χ1n) is 10.9. The number of carboxylic acid groups (broad SMARTS) is 1. The van der Waals surface area contributed by atoms with Crippen LogP contribution in [0.15, 0.2) is 60.9 Å². The smallest absolute Gasteiger partial charge is 0.335 e. The highest BCUT2D eigenvalue weighted by atomic mass is 16.4. The summed E-state index contributed by atoms with van der Waals surface area (Å²) in [5.74, 6) is 1.21. The van der Waals surface area contributed by atoms with Crippen molar-refractivity contribution in [1.82, 2.24) is 25.0 Å². The van der Waals surface area contributed by atoms with E-state index in [1.54, 1.807) is 28.9 Å². The summed E-state index contributed by atoms with van der Waals surface area (Å²) in [6, 6.07) is 14.8. The number of nitrogens with one attached hydrogen (secondary N) is 1. The Morgan fingerprint density at radius 1 is 1.09 bits per heavy atom. The zero-order valence-electron chi connectivity index (χ0n) is 18.4. The molecule has 3 aromatic heterocycles. The van der Waals surface area contributed by atoms with Crippen molar-refractivity contribution in [2.24, 2.45) is 0 Å². The Bertz CT molecular complexity index is 1310. The molecule has 0 saturated heterocycles. The number of aryl methyl sites for hydroxylation is 1.